The summed E-state index contributed by atoms with van der Waals surface area (Å²) < 4.78 is 4.96. The molecule has 16 heavy (non-hydrogen) atoms. The first-order valence-electron chi connectivity index (χ1n) is 5.66. The number of hydrogen-bond acceptors (Lipinski definition) is 3. The zero-order chi connectivity index (χ0) is 12.6. The van der Waals surface area contributed by atoms with Crippen LogP contribution in [0.2, 0.25) is 0 Å². The summed E-state index contributed by atoms with van der Waals surface area (Å²) >= 11 is 0. The van der Waals surface area contributed by atoms with Crippen molar-refractivity contribution in [3.8, 4) is 0 Å². The van der Waals surface area contributed by atoms with Gasteiger partial charge in [0.05, 0.1) is 6.61 Å². The van der Waals surface area contributed by atoms with Gasteiger partial charge in [0.25, 0.3) is 0 Å². The van der Waals surface area contributed by atoms with Gasteiger partial charge in [-0.05, 0) is 5.92 Å². The minimum Gasteiger partial charge on any atom is -0.383 e. The third-order valence-corrected chi connectivity index (χ3v) is 2.53. The second-order valence-electron chi connectivity index (χ2n) is 4.23. The van der Waals surface area contributed by atoms with Gasteiger partial charge in [-0.2, -0.15) is 0 Å². The van der Waals surface area contributed by atoms with Crippen LogP contribution in [0.3, 0.4) is 0 Å². The van der Waals surface area contributed by atoms with E-state index in [0.717, 1.165) is 0 Å². The van der Waals surface area contributed by atoms with Crippen LogP contribution in [0.5, 0.6) is 0 Å². The Balaban J connectivity index is 4.20. The van der Waals surface area contributed by atoms with Gasteiger partial charge in [0.1, 0.15) is 0 Å². The molecule has 94 valence electrons. The van der Waals surface area contributed by atoms with Crippen molar-refractivity contribution in [3.05, 3.63) is 12.7 Å². The lowest BCUT2D eigenvalue weighted by Gasteiger charge is -2.23. The molecular formula is C12H24N2O2. The van der Waals surface area contributed by atoms with Gasteiger partial charge in [-0.15, -0.1) is 6.58 Å². The molecule has 0 saturated heterocycles. The Labute approximate surface area is 98.4 Å². The van der Waals surface area contributed by atoms with E-state index in [1.807, 2.05) is 13.8 Å². The van der Waals surface area contributed by atoms with Crippen LogP contribution < -0.4 is 5.73 Å². The van der Waals surface area contributed by atoms with Crippen molar-refractivity contribution in [1.82, 2.24) is 4.90 Å². The molecule has 0 aromatic rings. The molecule has 0 aromatic carbocycles. The topological polar surface area (TPSA) is 55.6 Å². The van der Waals surface area contributed by atoms with Crippen molar-refractivity contribution in [1.29, 1.82) is 0 Å². The summed E-state index contributed by atoms with van der Waals surface area (Å²) in [5.74, 6) is 0.384. The van der Waals surface area contributed by atoms with E-state index in [0.29, 0.717) is 32.0 Å². The average Bonchev–Trinajstić information content (AvgIpc) is 2.23. The highest BCUT2D eigenvalue weighted by Crippen LogP contribution is 2.05. The molecule has 1 amide bonds. The summed E-state index contributed by atoms with van der Waals surface area (Å²) in [6.07, 6.45) is 2.10. The summed E-state index contributed by atoms with van der Waals surface area (Å²) in [5, 5.41) is 0. The van der Waals surface area contributed by atoms with E-state index in [1.54, 1.807) is 18.1 Å². The van der Waals surface area contributed by atoms with Crippen molar-refractivity contribution < 1.29 is 9.53 Å². The molecule has 2 N–H and O–H groups in total. The highest BCUT2D eigenvalue weighted by Gasteiger charge is 2.17. The quantitative estimate of drug-likeness (QED) is 0.631. The summed E-state index contributed by atoms with van der Waals surface area (Å²) in [4.78, 5) is 13.6. The van der Waals surface area contributed by atoms with Gasteiger partial charge < -0.3 is 15.4 Å². The van der Waals surface area contributed by atoms with E-state index >= 15 is 0 Å². The first kappa shape index (κ1) is 15.1. The highest BCUT2D eigenvalue weighted by atomic mass is 16.5. The zero-order valence-corrected chi connectivity index (χ0v) is 10.6. The summed E-state index contributed by atoms with van der Waals surface area (Å²) in [5.41, 5.74) is 5.88. The summed E-state index contributed by atoms with van der Waals surface area (Å²) in [6.45, 7) is 9.35. The van der Waals surface area contributed by atoms with E-state index in [1.165, 1.54) is 0 Å². The van der Waals surface area contributed by atoms with Crippen LogP contribution in [0.15, 0.2) is 12.7 Å². The fourth-order valence-electron chi connectivity index (χ4n) is 1.24. The van der Waals surface area contributed by atoms with Crippen molar-refractivity contribution in [2.75, 3.05) is 26.8 Å². The molecular weight excluding hydrogens is 204 g/mol. The molecule has 0 aliphatic rings. The fourth-order valence-corrected chi connectivity index (χ4v) is 1.24. The maximum Gasteiger partial charge on any atom is 0.224 e. The first-order valence-corrected chi connectivity index (χ1v) is 5.66. The van der Waals surface area contributed by atoms with Crippen molar-refractivity contribution in [2.24, 2.45) is 11.7 Å². The molecule has 4 nitrogen and oxygen atoms in total. The van der Waals surface area contributed by atoms with Gasteiger partial charge in [0.15, 0.2) is 0 Å². The van der Waals surface area contributed by atoms with Gasteiger partial charge in [0, 0.05) is 32.7 Å². The zero-order valence-electron chi connectivity index (χ0n) is 10.6. The maximum absolute atomic E-state index is 11.9. The third kappa shape index (κ3) is 5.88. The van der Waals surface area contributed by atoms with E-state index in [-0.39, 0.29) is 11.9 Å². The standard InChI is InChI=1S/C12H24N2O2/c1-5-6-14(7-8-16-4)12(15)9-11(13)10(2)3/h5,10-11H,1,6-9,13H2,2-4H3. The van der Waals surface area contributed by atoms with E-state index in [9.17, 15) is 4.79 Å². The maximum atomic E-state index is 11.9. The van der Waals surface area contributed by atoms with E-state index < -0.39 is 0 Å². The van der Waals surface area contributed by atoms with Crippen LogP contribution in [0.1, 0.15) is 20.3 Å². The fraction of sp³-hybridized carbons (Fsp3) is 0.750. The molecule has 0 bridgehead atoms. The van der Waals surface area contributed by atoms with E-state index in [2.05, 4.69) is 6.58 Å². The minimum absolute atomic E-state index is 0.0677. The number of carbonyl (C=O) groups excluding carboxylic acids is 1. The van der Waals surface area contributed by atoms with Gasteiger partial charge in [-0.1, -0.05) is 19.9 Å². The predicted molar refractivity (Wildman–Crippen MR) is 66.1 cm³/mol. The second kappa shape index (κ2) is 8.30. The monoisotopic (exact) mass is 228 g/mol. The van der Waals surface area contributed by atoms with Crippen LogP contribution >= 0.6 is 0 Å². The molecule has 0 aliphatic carbocycles. The third-order valence-electron chi connectivity index (χ3n) is 2.53. The normalized spacial score (nSPS) is 12.6. The van der Waals surface area contributed by atoms with Gasteiger partial charge >= 0.3 is 0 Å². The lowest BCUT2D eigenvalue weighted by molar-refractivity contribution is -0.131. The summed E-state index contributed by atoms with van der Waals surface area (Å²) in [7, 11) is 1.62. The second-order valence-corrected chi connectivity index (χ2v) is 4.23. The van der Waals surface area contributed by atoms with Crippen LogP contribution in [0.4, 0.5) is 0 Å². The smallest absolute Gasteiger partial charge is 0.224 e. The Kier molecular flexibility index (Phi) is 7.85. The van der Waals surface area contributed by atoms with Gasteiger partial charge in [-0.3, -0.25) is 4.79 Å². The first-order chi connectivity index (χ1) is 7.52. The number of carbonyl (C=O) groups is 1. The Bertz CT molecular complexity index is 217. The average molecular weight is 228 g/mol. The molecule has 0 radical (unpaired) electrons. The van der Waals surface area contributed by atoms with Crippen molar-refractivity contribution in [3.63, 3.8) is 0 Å². The number of hydrogen-bond donors (Lipinski definition) is 1. The Hall–Kier alpha value is -0.870. The van der Waals surface area contributed by atoms with E-state index in [4.69, 9.17) is 10.5 Å². The molecule has 0 spiro atoms. The van der Waals surface area contributed by atoms with Gasteiger partial charge in [0.2, 0.25) is 5.91 Å². The number of amides is 1. The highest BCUT2D eigenvalue weighted by molar-refractivity contribution is 5.77. The lowest BCUT2D eigenvalue weighted by Crippen LogP contribution is -2.39. The predicted octanol–water partition coefficient (Wildman–Crippen LogP) is 1.02. The lowest BCUT2D eigenvalue weighted by atomic mass is 10.0. The van der Waals surface area contributed by atoms with Gasteiger partial charge in [-0.25, -0.2) is 0 Å². The largest absolute Gasteiger partial charge is 0.383 e. The minimum atomic E-state index is -0.0811. The molecule has 4 heteroatoms. The molecule has 0 aromatic heterocycles. The molecule has 0 fully saturated rings. The molecule has 0 aliphatic heterocycles. The van der Waals surface area contributed by atoms with Crippen LogP contribution in [-0.2, 0) is 9.53 Å². The van der Waals surface area contributed by atoms with Crippen molar-refractivity contribution >= 4 is 5.91 Å². The molecule has 0 saturated carbocycles. The number of ether oxygens (including phenoxy) is 1. The molecule has 1 atom stereocenters. The van der Waals surface area contributed by atoms with Crippen LogP contribution in [0, 0.1) is 5.92 Å². The Morgan fingerprint density at radius 3 is 2.62 bits per heavy atom. The van der Waals surface area contributed by atoms with Crippen molar-refractivity contribution in [2.45, 2.75) is 26.3 Å². The summed E-state index contributed by atoms with van der Waals surface area (Å²) in [6, 6.07) is -0.0811. The number of rotatable bonds is 8. The Morgan fingerprint density at radius 2 is 2.19 bits per heavy atom. The Morgan fingerprint density at radius 1 is 1.56 bits per heavy atom. The molecule has 1 unspecified atom stereocenters. The van der Waals surface area contributed by atoms with Crippen LogP contribution in [0.25, 0.3) is 0 Å². The molecule has 0 heterocycles. The molecule has 0 rings (SSSR count). The van der Waals surface area contributed by atoms with Crippen LogP contribution in [-0.4, -0.2) is 43.7 Å². The number of methoxy groups -OCH3 is 1. The number of nitrogens with two attached hydrogens (primary N) is 1. The SMILES string of the molecule is C=CCN(CCOC)C(=O)CC(N)C(C)C. The number of nitrogens with zero attached hydrogens (tertiary/aromatic N) is 1.